The number of esters is 1. The molecule has 1 saturated heterocycles. The van der Waals surface area contributed by atoms with Crippen LogP contribution in [0.2, 0.25) is 0 Å². The molecule has 2 atom stereocenters. The number of rotatable bonds is 4. The summed E-state index contributed by atoms with van der Waals surface area (Å²) >= 11 is 0. The highest BCUT2D eigenvalue weighted by Gasteiger charge is 2.35. The molecule has 2 unspecified atom stereocenters. The monoisotopic (exact) mass is 277 g/mol. The summed E-state index contributed by atoms with van der Waals surface area (Å²) in [7, 11) is 0. The quantitative estimate of drug-likeness (QED) is 0.791. The summed E-state index contributed by atoms with van der Waals surface area (Å²) in [6.45, 7) is 11.2. The highest BCUT2D eigenvalue weighted by atomic mass is 16.5. The standard InChI is InChI=1S/C15H21NO2.C2H6/c1-3-18-15(17)14-11-16(9-12(14)2)10-13-7-5-4-6-8-13;1-2/h4-8,12,14H,3,9-11H2,1-2H3;1-2H3. The lowest BCUT2D eigenvalue weighted by molar-refractivity contribution is -0.148. The summed E-state index contributed by atoms with van der Waals surface area (Å²) in [5.74, 6) is 0.377. The third-order valence-electron chi connectivity index (χ3n) is 3.53. The van der Waals surface area contributed by atoms with E-state index < -0.39 is 0 Å². The average molecular weight is 277 g/mol. The Labute approximate surface area is 122 Å². The largest absolute Gasteiger partial charge is 0.466 e. The van der Waals surface area contributed by atoms with Crippen LogP contribution in [0.4, 0.5) is 0 Å². The molecule has 0 aliphatic carbocycles. The number of ether oxygens (including phenoxy) is 1. The van der Waals surface area contributed by atoms with Crippen molar-refractivity contribution in [1.82, 2.24) is 4.90 Å². The van der Waals surface area contributed by atoms with E-state index in [0.717, 1.165) is 19.6 Å². The minimum absolute atomic E-state index is 0.0358. The Kier molecular flexibility index (Phi) is 7.31. The predicted molar refractivity (Wildman–Crippen MR) is 82.4 cm³/mol. The molecule has 0 N–H and O–H groups in total. The van der Waals surface area contributed by atoms with Gasteiger partial charge >= 0.3 is 5.97 Å². The lowest BCUT2D eigenvalue weighted by Gasteiger charge is -2.15. The van der Waals surface area contributed by atoms with Crippen molar-refractivity contribution < 1.29 is 9.53 Å². The zero-order valence-electron chi connectivity index (χ0n) is 13.1. The first-order valence-electron chi connectivity index (χ1n) is 7.63. The Morgan fingerprint density at radius 1 is 1.25 bits per heavy atom. The van der Waals surface area contributed by atoms with Crippen molar-refractivity contribution in [2.75, 3.05) is 19.7 Å². The second kappa shape index (κ2) is 8.75. The van der Waals surface area contributed by atoms with Gasteiger partial charge in [-0.15, -0.1) is 0 Å². The first-order valence-corrected chi connectivity index (χ1v) is 7.63. The van der Waals surface area contributed by atoms with Crippen LogP contribution in [0.3, 0.4) is 0 Å². The Bertz CT molecular complexity index is 391. The molecule has 1 aromatic carbocycles. The van der Waals surface area contributed by atoms with Crippen LogP contribution in [0.15, 0.2) is 30.3 Å². The third-order valence-corrected chi connectivity index (χ3v) is 3.53. The minimum atomic E-state index is -0.0411. The van der Waals surface area contributed by atoms with Gasteiger partial charge in [-0.1, -0.05) is 51.1 Å². The van der Waals surface area contributed by atoms with Crippen molar-refractivity contribution >= 4 is 5.97 Å². The van der Waals surface area contributed by atoms with Crippen LogP contribution in [0.25, 0.3) is 0 Å². The zero-order chi connectivity index (χ0) is 15.0. The second-order valence-electron chi connectivity index (χ2n) is 5.02. The number of carbonyl (C=O) groups is 1. The molecule has 0 amide bonds. The molecule has 0 saturated carbocycles. The summed E-state index contributed by atoms with van der Waals surface area (Å²) in [5.41, 5.74) is 1.30. The van der Waals surface area contributed by atoms with Gasteiger partial charge in [-0.25, -0.2) is 0 Å². The molecule has 1 aromatic rings. The van der Waals surface area contributed by atoms with Crippen LogP contribution in [0.1, 0.15) is 33.3 Å². The van der Waals surface area contributed by atoms with Crippen LogP contribution in [0, 0.1) is 11.8 Å². The summed E-state index contributed by atoms with van der Waals surface area (Å²) in [5, 5.41) is 0. The van der Waals surface area contributed by atoms with Crippen molar-refractivity contribution in [2.45, 2.75) is 34.2 Å². The predicted octanol–water partition coefficient (Wildman–Crippen LogP) is 3.34. The molecular formula is C17H27NO2. The first kappa shape index (κ1) is 16.7. The molecule has 2 rings (SSSR count). The summed E-state index contributed by atoms with van der Waals surface area (Å²) in [6, 6.07) is 10.4. The van der Waals surface area contributed by atoms with Gasteiger partial charge in [0.05, 0.1) is 12.5 Å². The Hall–Kier alpha value is -1.35. The molecule has 0 bridgehead atoms. The number of nitrogens with zero attached hydrogens (tertiary/aromatic N) is 1. The van der Waals surface area contributed by atoms with Gasteiger partial charge < -0.3 is 4.74 Å². The van der Waals surface area contributed by atoms with Gasteiger partial charge in [-0.05, 0) is 18.4 Å². The molecule has 1 aliphatic heterocycles. The van der Waals surface area contributed by atoms with E-state index in [1.165, 1.54) is 5.56 Å². The van der Waals surface area contributed by atoms with Gasteiger partial charge in [-0.2, -0.15) is 0 Å². The van der Waals surface area contributed by atoms with E-state index in [1.807, 2.05) is 26.8 Å². The molecule has 0 aromatic heterocycles. The zero-order valence-corrected chi connectivity index (χ0v) is 13.1. The minimum Gasteiger partial charge on any atom is -0.466 e. The fourth-order valence-corrected chi connectivity index (χ4v) is 2.59. The Balaban J connectivity index is 0.000000956. The van der Waals surface area contributed by atoms with Gasteiger partial charge in [0.2, 0.25) is 0 Å². The number of hydrogen-bond donors (Lipinski definition) is 0. The second-order valence-corrected chi connectivity index (χ2v) is 5.02. The fraction of sp³-hybridized carbons (Fsp3) is 0.588. The van der Waals surface area contributed by atoms with Crippen LogP contribution >= 0.6 is 0 Å². The van der Waals surface area contributed by atoms with E-state index in [2.05, 4.69) is 36.1 Å². The number of carbonyl (C=O) groups excluding carboxylic acids is 1. The van der Waals surface area contributed by atoms with E-state index in [4.69, 9.17) is 4.74 Å². The maximum Gasteiger partial charge on any atom is 0.310 e. The van der Waals surface area contributed by atoms with Gasteiger partial charge in [-0.3, -0.25) is 9.69 Å². The normalized spacial score (nSPS) is 22.0. The van der Waals surface area contributed by atoms with Crippen LogP contribution in [-0.2, 0) is 16.1 Å². The highest BCUT2D eigenvalue weighted by molar-refractivity contribution is 5.73. The lowest BCUT2D eigenvalue weighted by atomic mass is 9.99. The molecule has 1 fully saturated rings. The van der Waals surface area contributed by atoms with Crippen molar-refractivity contribution in [3.05, 3.63) is 35.9 Å². The summed E-state index contributed by atoms with van der Waals surface area (Å²) in [4.78, 5) is 14.1. The maximum absolute atomic E-state index is 11.8. The maximum atomic E-state index is 11.8. The van der Waals surface area contributed by atoms with Crippen molar-refractivity contribution in [2.24, 2.45) is 11.8 Å². The van der Waals surface area contributed by atoms with Crippen molar-refractivity contribution in [3.63, 3.8) is 0 Å². The highest BCUT2D eigenvalue weighted by Crippen LogP contribution is 2.25. The molecule has 0 radical (unpaired) electrons. The number of benzene rings is 1. The van der Waals surface area contributed by atoms with Crippen LogP contribution in [0.5, 0.6) is 0 Å². The SMILES string of the molecule is CC.CCOC(=O)C1CN(Cc2ccccc2)CC1C. The Morgan fingerprint density at radius 3 is 2.50 bits per heavy atom. The van der Waals surface area contributed by atoms with E-state index in [1.54, 1.807) is 0 Å². The molecule has 20 heavy (non-hydrogen) atoms. The first-order chi connectivity index (χ1) is 9.70. The molecule has 3 heteroatoms. The number of hydrogen-bond acceptors (Lipinski definition) is 3. The van der Waals surface area contributed by atoms with Crippen molar-refractivity contribution in [3.8, 4) is 0 Å². The van der Waals surface area contributed by atoms with Gasteiger partial charge in [0.1, 0.15) is 0 Å². The van der Waals surface area contributed by atoms with Crippen molar-refractivity contribution in [1.29, 1.82) is 0 Å². The molecular weight excluding hydrogens is 250 g/mol. The fourth-order valence-electron chi connectivity index (χ4n) is 2.59. The molecule has 1 heterocycles. The van der Waals surface area contributed by atoms with Gasteiger partial charge in [0, 0.05) is 19.6 Å². The van der Waals surface area contributed by atoms with Crippen LogP contribution < -0.4 is 0 Å². The van der Waals surface area contributed by atoms with E-state index in [9.17, 15) is 4.79 Å². The average Bonchev–Trinajstić information content (AvgIpc) is 2.83. The van der Waals surface area contributed by atoms with E-state index in [-0.39, 0.29) is 11.9 Å². The smallest absolute Gasteiger partial charge is 0.310 e. The van der Waals surface area contributed by atoms with E-state index in [0.29, 0.717) is 12.5 Å². The summed E-state index contributed by atoms with van der Waals surface area (Å²) in [6.07, 6.45) is 0. The van der Waals surface area contributed by atoms with E-state index >= 15 is 0 Å². The van der Waals surface area contributed by atoms with Gasteiger partial charge in [0.25, 0.3) is 0 Å². The topological polar surface area (TPSA) is 29.5 Å². The third kappa shape index (κ3) is 4.64. The molecule has 112 valence electrons. The Morgan fingerprint density at radius 2 is 1.90 bits per heavy atom. The number of likely N-dealkylation sites (tertiary alicyclic amines) is 1. The summed E-state index contributed by atoms with van der Waals surface area (Å²) < 4.78 is 5.13. The molecule has 0 spiro atoms. The lowest BCUT2D eigenvalue weighted by Crippen LogP contribution is -2.25. The van der Waals surface area contributed by atoms with Crippen LogP contribution in [-0.4, -0.2) is 30.6 Å². The van der Waals surface area contributed by atoms with Gasteiger partial charge in [0.15, 0.2) is 0 Å². The molecule has 3 nitrogen and oxygen atoms in total. The molecule has 1 aliphatic rings.